The van der Waals surface area contributed by atoms with Crippen LogP contribution in [0.3, 0.4) is 0 Å². The zero-order valence-electron chi connectivity index (χ0n) is 13.4. The van der Waals surface area contributed by atoms with Gasteiger partial charge in [0.25, 0.3) is 5.91 Å². The lowest BCUT2D eigenvalue weighted by atomic mass is 10.1. The van der Waals surface area contributed by atoms with Crippen LogP contribution in [0.25, 0.3) is 0 Å². The SMILES string of the molecule is O=C(C[C@@H]1NC(=O)c2ccccc2NC1=O)NCC1CCS(=O)(=O)C1. The third-order valence-electron chi connectivity index (χ3n) is 4.36. The maximum atomic E-state index is 12.2. The molecule has 8 nitrogen and oxygen atoms in total. The van der Waals surface area contributed by atoms with Crippen molar-refractivity contribution in [2.75, 3.05) is 23.4 Å². The van der Waals surface area contributed by atoms with E-state index in [1.54, 1.807) is 24.3 Å². The topological polar surface area (TPSA) is 121 Å². The summed E-state index contributed by atoms with van der Waals surface area (Å²) in [7, 11) is -2.99. The van der Waals surface area contributed by atoms with Crippen molar-refractivity contribution in [2.24, 2.45) is 5.92 Å². The van der Waals surface area contributed by atoms with Crippen LogP contribution in [0.15, 0.2) is 24.3 Å². The van der Waals surface area contributed by atoms with Gasteiger partial charge in [0.1, 0.15) is 6.04 Å². The molecular weight excluding hydrogens is 346 g/mol. The molecule has 2 aliphatic heterocycles. The smallest absolute Gasteiger partial charge is 0.254 e. The quantitative estimate of drug-likeness (QED) is 0.675. The number of hydrogen-bond donors (Lipinski definition) is 3. The van der Waals surface area contributed by atoms with E-state index >= 15 is 0 Å². The molecule has 3 amide bonds. The van der Waals surface area contributed by atoms with Gasteiger partial charge in [0.15, 0.2) is 9.84 Å². The molecular formula is C16H19N3O5S. The monoisotopic (exact) mass is 365 g/mol. The molecule has 0 bridgehead atoms. The van der Waals surface area contributed by atoms with Gasteiger partial charge in [-0.2, -0.15) is 0 Å². The Hall–Kier alpha value is -2.42. The molecule has 0 saturated carbocycles. The van der Waals surface area contributed by atoms with Crippen molar-refractivity contribution in [3.8, 4) is 0 Å². The lowest BCUT2D eigenvalue weighted by Crippen LogP contribution is -2.45. The molecule has 134 valence electrons. The summed E-state index contributed by atoms with van der Waals surface area (Å²) in [5.74, 6) is -1.17. The summed E-state index contributed by atoms with van der Waals surface area (Å²) in [5, 5.41) is 7.84. The van der Waals surface area contributed by atoms with Crippen molar-refractivity contribution in [1.29, 1.82) is 0 Å². The lowest BCUT2D eigenvalue weighted by molar-refractivity contribution is -0.125. The highest BCUT2D eigenvalue weighted by molar-refractivity contribution is 7.91. The van der Waals surface area contributed by atoms with E-state index in [0.29, 0.717) is 17.7 Å². The lowest BCUT2D eigenvalue weighted by Gasteiger charge is -2.15. The molecule has 3 rings (SSSR count). The first-order valence-electron chi connectivity index (χ1n) is 8.02. The van der Waals surface area contributed by atoms with Gasteiger partial charge in [0.05, 0.1) is 29.2 Å². The summed E-state index contributed by atoms with van der Waals surface area (Å²) >= 11 is 0. The number of fused-ring (bicyclic) bond motifs is 1. The van der Waals surface area contributed by atoms with Crippen molar-refractivity contribution in [3.05, 3.63) is 29.8 Å². The van der Waals surface area contributed by atoms with Gasteiger partial charge in [-0.15, -0.1) is 0 Å². The standard InChI is InChI=1S/C16H19N3O5S/c20-14(17-8-10-5-6-25(23,24)9-10)7-13-16(22)18-12-4-2-1-3-11(12)15(21)19-13/h1-4,10,13H,5-9H2,(H,17,20)(H,18,22)(H,19,21)/t10?,13-/m0/s1. The Morgan fingerprint density at radius 1 is 1.24 bits per heavy atom. The Kier molecular flexibility index (Phi) is 4.76. The number of rotatable bonds is 4. The van der Waals surface area contributed by atoms with Crippen LogP contribution in [0.1, 0.15) is 23.2 Å². The number of para-hydroxylation sites is 1. The third-order valence-corrected chi connectivity index (χ3v) is 6.19. The van der Waals surface area contributed by atoms with Gasteiger partial charge in [-0.3, -0.25) is 14.4 Å². The van der Waals surface area contributed by atoms with Gasteiger partial charge in [0, 0.05) is 6.54 Å². The van der Waals surface area contributed by atoms with Crippen molar-refractivity contribution in [3.63, 3.8) is 0 Å². The Balaban J connectivity index is 1.57. The summed E-state index contributed by atoms with van der Waals surface area (Å²) in [6.45, 7) is 0.251. The van der Waals surface area contributed by atoms with Crippen LogP contribution >= 0.6 is 0 Å². The van der Waals surface area contributed by atoms with Gasteiger partial charge >= 0.3 is 0 Å². The molecule has 2 atom stereocenters. The number of anilines is 1. The molecule has 2 heterocycles. The highest BCUT2D eigenvalue weighted by atomic mass is 32.2. The number of benzene rings is 1. The normalized spacial score (nSPS) is 24.6. The first kappa shape index (κ1) is 17.4. The Labute approximate surface area is 145 Å². The van der Waals surface area contributed by atoms with E-state index in [4.69, 9.17) is 0 Å². The zero-order valence-corrected chi connectivity index (χ0v) is 14.3. The van der Waals surface area contributed by atoms with Crippen LogP contribution in [0.2, 0.25) is 0 Å². The van der Waals surface area contributed by atoms with E-state index in [2.05, 4.69) is 16.0 Å². The van der Waals surface area contributed by atoms with Crippen LogP contribution < -0.4 is 16.0 Å². The summed E-state index contributed by atoms with van der Waals surface area (Å²) < 4.78 is 22.8. The Morgan fingerprint density at radius 3 is 2.72 bits per heavy atom. The van der Waals surface area contributed by atoms with Gasteiger partial charge in [-0.25, -0.2) is 8.42 Å². The van der Waals surface area contributed by atoms with Crippen LogP contribution in [0.4, 0.5) is 5.69 Å². The molecule has 0 aliphatic carbocycles. The minimum absolute atomic E-state index is 0.0727. The second-order valence-electron chi connectivity index (χ2n) is 6.34. The van der Waals surface area contributed by atoms with Gasteiger partial charge in [-0.1, -0.05) is 12.1 Å². The first-order valence-corrected chi connectivity index (χ1v) is 9.84. The summed E-state index contributed by atoms with van der Waals surface area (Å²) in [6.07, 6.45) is 0.323. The van der Waals surface area contributed by atoms with E-state index in [0.717, 1.165) is 0 Å². The van der Waals surface area contributed by atoms with Crippen molar-refractivity contribution >= 4 is 33.2 Å². The fourth-order valence-corrected chi connectivity index (χ4v) is 4.87. The molecule has 1 unspecified atom stereocenters. The van der Waals surface area contributed by atoms with Crippen LogP contribution in [-0.2, 0) is 19.4 Å². The molecule has 0 spiro atoms. The minimum Gasteiger partial charge on any atom is -0.356 e. The van der Waals surface area contributed by atoms with E-state index < -0.39 is 33.6 Å². The molecule has 1 saturated heterocycles. The average Bonchev–Trinajstić information content (AvgIpc) is 2.86. The van der Waals surface area contributed by atoms with Crippen molar-refractivity contribution < 1.29 is 22.8 Å². The van der Waals surface area contributed by atoms with Crippen molar-refractivity contribution in [1.82, 2.24) is 10.6 Å². The number of carbonyl (C=O) groups is 3. The Bertz CT molecular complexity index is 821. The minimum atomic E-state index is -2.99. The molecule has 1 aromatic carbocycles. The zero-order chi connectivity index (χ0) is 18.0. The molecule has 25 heavy (non-hydrogen) atoms. The molecule has 9 heteroatoms. The van der Waals surface area contributed by atoms with E-state index in [1.165, 1.54) is 0 Å². The predicted molar refractivity (Wildman–Crippen MR) is 90.7 cm³/mol. The molecule has 2 aliphatic rings. The number of sulfone groups is 1. The van der Waals surface area contributed by atoms with Gasteiger partial charge in [-0.05, 0) is 24.5 Å². The molecule has 1 aromatic rings. The highest BCUT2D eigenvalue weighted by Gasteiger charge is 2.31. The maximum absolute atomic E-state index is 12.2. The van der Waals surface area contributed by atoms with E-state index in [9.17, 15) is 22.8 Å². The number of nitrogens with one attached hydrogen (secondary N) is 3. The molecule has 3 N–H and O–H groups in total. The second kappa shape index (κ2) is 6.83. The summed E-state index contributed by atoms with van der Waals surface area (Å²) in [6, 6.07) is 5.62. The first-order chi connectivity index (χ1) is 11.8. The van der Waals surface area contributed by atoms with E-state index in [-0.39, 0.29) is 30.4 Å². The number of carbonyl (C=O) groups excluding carboxylic acids is 3. The predicted octanol–water partition coefficient (Wildman–Crippen LogP) is -0.322. The second-order valence-corrected chi connectivity index (χ2v) is 8.57. The molecule has 0 aromatic heterocycles. The fraction of sp³-hybridized carbons (Fsp3) is 0.438. The largest absolute Gasteiger partial charge is 0.356 e. The number of amides is 3. The van der Waals surface area contributed by atoms with Crippen LogP contribution in [-0.4, -0.2) is 50.2 Å². The number of hydrogen-bond acceptors (Lipinski definition) is 5. The van der Waals surface area contributed by atoms with E-state index in [1.807, 2.05) is 0 Å². The summed E-state index contributed by atoms with van der Waals surface area (Å²) in [4.78, 5) is 36.5. The maximum Gasteiger partial charge on any atom is 0.254 e. The summed E-state index contributed by atoms with van der Waals surface area (Å²) in [5.41, 5.74) is 0.749. The van der Waals surface area contributed by atoms with Crippen LogP contribution in [0.5, 0.6) is 0 Å². The molecule has 0 radical (unpaired) electrons. The van der Waals surface area contributed by atoms with Crippen molar-refractivity contribution in [2.45, 2.75) is 18.9 Å². The third kappa shape index (κ3) is 4.16. The Morgan fingerprint density at radius 2 is 2.00 bits per heavy atom. The molecule has 1 fully saturated rings. The fourth-order valence-electron chi connectivity index (χ4n) is 3.00. The average molecular weight is 365 g/mol. The van der Waals surface area contributed by atoms with Gasteiger partial charge in [0.2, 0.25) is 11.8 Å². The highest BCUT2D eigenvalue weighted by Crippen LogP contribution is 2.19. The van der Waals surface area contributed by atoms with Crippen LogP contribution in [0, 0.1) is 5.92 Å². The van der Waals surface area contributed by atoms with Gasteiger partial charge < -0.3 is 16.0 Å².